The molecule has 4 aromatic carbocycles. The molecule has 0 saturated heterocycles. The van der Waals surface area contributed by atoms with Crippen LogP contribution in [0.4, 0.5) is 0 Å². The van der Waals surface area contributed by atoms with E-state index in [4.69, 9.17) is 36.2 Å². The van der Waals surface area contributed by atoms with Crippen LogP contribution in [-0.4, -0.2) is 17.9 Å². The SMILES string of the molecule is CC(=O)c1c(C)c(OPP)c(C)c(C)c1OP.Cc1c(C)c(OP)c(C(=O)/C=C/c2ccc(OP(P)P)cc2OP(P)P)c(C)c1OPP.O=Cc1ccc(OP(P)P)cc1OP(P)P. The number of hydrogen-bond donors (Lipinski definition) is 0. The minimum Gasteiger partial charge on any atom is -0.479 e. The standard InChI is InChI=1S/C18H27O5P9.C11H17O3P3.C7H12O3P6/c1-9-10(2)18(20-24)16(11(3)17(9)21-30-25)14(19)7-5-12-4-6-13(22-31(26)27)8-15(12)23-32(28)29;1-5-6(2)11(13-15)9(8(4)12)7(3)10(5)14-17-16;8-4-5-1-2-6(9-15(11)12)3-7(5)10-16(13)14/h4-8,30H,24-29H2,1-3H3;17H,15-16H2,1-4H3;1-4H,11-14H2/b7-5+;;. The molecule has 0 aromatic heterocycles. The zero-order chi connectivity index (χ0) is 49.3. The molecule has 0 aliphatic rings. The number of hydrogen-bond acceptors (Lipinski definition) is 11. The van der Waals surface area contributed by atoms with Crippen LogP contribution < -0.4 is 36.2 Å². The molecule has 14 unspecified atom stereocenters. The van der Waals surface area contributed by atoms with Crippen LogP contribution in [0.15, 0.2) is 42.5 Å². The van der Waals surface area contributed by atoms with Crippen molar-refractivity contribution in [3.05, 3.63) is 98.1 Å². The van der Waals surface area contributed by atoms with Crippen molar-refractivity contribution in [2.24, 2.45) is 0 Å². The molecule has 0 saturated carbocycles. The summed E-state index contributed by atoms with van der Waals surface area (Å²) in [6.45, 7) is 13.1. The summed E-state index contributed by atoms with van der Waals surface area (Å²) in [5.41, 5.74) is 7.76. The van der Waals surface area contributed by atoms with Gasteiger partial charge in [0.1, 0.15) is 76.1 Å². The lowest BCUT2D eigenvalue weighted by molar-refractivity contribution is 0.101. The number of aldehydes is 1. The maximum atomic E-state index is 13.3. The molecule has 11 nitrogen and oxygen atoms in total. The first-order valence-electron chi connectivity index (χ1n) is 18.2. The molecule has 4 aromatic rings. The Morgan fingerprint density at radius 2 is 0.908 bits per heavy atom. The van der Waals surface area contributed by atoms with Gasteiger partial charge in [-0.05, 0) is 107 Å². The minimum atomic E-state index is -0.812. The molecule has 14 atom stereocenters. The lowest BCUT2D eigenvalue weighted by Gasteiger charge is -2.19. The molecule has 0 radical (unpaired) electrons. The monoisotopic (exact) mass is 1220 g/mol. The van der Waals surface area contributed by atoms with Crippen LogP contribution in [0.2, 0.25) is 0 Å². The highest BCUT2D eigenvalue weighted by atomic mass is 32.4. The van der Waals surface area contributed by atoms with E-state index in [2.05, 4.69) is 108 Å². The molecule has 4 rings (SSSR count). The van der Waals surface area contributed by atoms with Crippen molar-refractivity contribution < 1.29 is 50.6 Å². The van der Waals surface area contributed by atoms with Crippen LogP contribution in [0.3, 0.4) is 0 Å². The van der Waals surface area contributed by atoms with Gasteiger partial charge in [-0.25, -0.2) is 0 Å². The first-order chi connectivity index (χ1) is 30.6. The van der Waals surface area contributed by atoms with Gasteiger partial charge in [-0.2, -0.15) is 0 Å². The minimum absolute atomic E-state index is 0.0139. The smallest absolute Gasteiger partial charge is 0.190 e. The molecule has 0 N–H and O–H groups in total. The van der Waals surface area contributed by atoms with E-state index in [1.54, 1.807) is 24.3 Å². The molecular weight excluding hydrogens is 1170 g/mol. The number of ketones is 2. The third-order valence-corrected chi connectivity index (χ3v) is 14.9. The summed E-state index contributed by atoms with van der Waals surface area (Å²) in [5, 5.41) is 0. The number of benzene rings is 4. The van der Waals surface area contributed by atoms with Crippen molar-refractivity contribution >= 4 is 179 Å². The highest BCUT2D eigenvalue weighted by Crippen LogP contribution is 2.58. The van der Waals surface area contributed by atoms with Crippen LogP contribution in [-0.2, 0) is 0 Å². The maximum absolute atomic E-state index is 13.3. The van der Waals surface area contributed by atoms with Gasteiger partial charge in [-0.15, -0.1) is 0 Å². The van der Waals surface area contributed by atoms with Gasteiger partial charge in [-0.3, -0.25) is 14.4 Å². The Labute approximate surface area is 419 Å². The zero-order valence-corrected chi connectivity index (χ0v) is 55.8. The predicted octanol–water partition coefficient (Wildman–Crippen LogP) is 16.1. The van der Waals surface area contributed by atoms with E-state index in [0.717, 1.165) is 51.0 Å². The zero-order valence-electron chi connectivity index (χ0n) is 36.4. The van der Waals surface area contributed by atoms with E-state index in [-0.39, 0.29) is 28.6 Å². The highest BCUT2D eigenvalue weighted by Gasteiger charge is 2.24. The molecule has 0 fully saturated rings. The van der Waals surface area contributed by atoms with Gasteiger partial charge in [0.05, 0.1) is 52.6 Å². The highest BCUT2D eigenvalue weighted by molar-refractivity contribution is 8.42. The Bertz CT molecular complexity index is 2310. The second kappa shape index (κ2) is 32.1. The van der Waals surface area contributed by atoms with Crippen molar-refractivity contribution in [2.45, 2.75) is 48.5 Å². The number of carbonyl (C=O) groups excluding carboxylic acids is 3. The fourth-order valence-electron chi connectivity index (χ4n) is 5.88. The van der Waals surface area contributed by atoms with Gasteiger partial charge in [-0.1, -0.05) is 89.3 Å². The number of carbonyl (C=O) groups is 3. The van der Waals surface area contributed by atoms with Crippen molar-refractivity contribution in [3.8, 4) is 46.0 Å². The normalized spacial score (nSPS) is 11.2. The van der Waals surface area contributed by atoms with Gasteiger partial charge >= 0.3 is 0 Å². The second-order valence-electron chi connectivity index (χ2n) is 13.1. The van der Waals surface area contributed by atoms with Gasteiger partial charge in [0, 0.05) is 28.8 Å². The van der Waals surface area contributed by atoms with Gasteiger partial charge < -0.3 is 36.2 Å². The molecule has 0 bridgehead atoms. The van der Waals surface area contributed by atoms with Gasteiger partial charge in [0.25, 0.3) is 0 Å². The molecule has 0 amide bonds. The lowest BCUT2D eigenvalue weighted by Crippen LogP contribution is -2.06. The number of rotatable bonds is 19. The van der Waals surface area contributed by atoms with Crippen molar-refractivity contribution in [2.75, 3.05) is 0 Å². The summed E-state index contributed by atoms with van der Waals surface area (Å²) in [6.07, 6.45) is 4.06. The van der Waals surface area contributed by atoms with E-state index < -0.39 is 30.1 Å². The average Bonchev–Trinajstić information content (AvgIpc) is 3.22. The van der Waals surface area contributed by atoms with Gasteiger partial charge in [0.2, 0.25) is 0 Å². The van der Waals surface area contributed by atoms with E-state index in [0.29, 0.717) is 56.9 Å². The van der Waals surface area contributed by atoms with E-state index in [1.165, 1.54) is 13.0 Å². The van der Waals surface area contributed by atoms with Crippen LogP contribution in [0.1, 0.15) is 76.9 Å². The van der Waals surface area contributed by atoms with Crippen molar-refractivity contribution in [1.29, 1.82) is 0 Å². The van der Waals surface area contributed by atoms with Gasteiger partial charge in [0.15, 0.2) is 17.9 Å². The lowest BCUT2D eigenvalue weighted by atomic mass is 9.94. The first kappa shape index (κ1) is 62.9. The molecule has 0 heterocycles. The number of Topliss-reactive ketones (excluding diaryl/α,β-unsaturated/α-hetero) is 1. The third kappa shape index (κ3) is 19.6. The van der Waals surface area contributed by atoms with Crippen LogP contribution in [0.5, 0.6) is 46.0 Å². The fraction of sp³-hybridized carbons (Fsp3) is 0.194. The molecule has 29 heteroatoms. The summed E-state index contributed by atoms with van der Waals surface area (Å²) in [4.78, 5) is 35.8. The van der Waals surface area contributed by atoms with Crippen LogP contribution in [0.25, 0.3) is 6.08 Å². The fourth-order valence-corrected chi connectivity index (χ4v) is 12.3. The summed E-state index contributed by atoms with van der Waals surface area (Å²) in [5.74, 6) is 5.06. The Morgan fingerprint density at radius 1 is 0.538 bits per heavy atom. The molecule has 65 heavy (non-hydrogen) atoms. The summed E-state index contributed by atoms with van der Waals surface area (Å²) in [7, 11) is 27.9. The van der Waals surface area contributed by atoms with Crippen LogP contribution >= 0.6 is 155 Å². The molecular formula is C36H56O11P18. The first-order valence-corrected chi connectivity index (χ1v) is 42.6. The van der Waals surface area contributed by atoms with Crippen molar-refractivity contribution in [1.82, 2.24) is 0 Å². The summed E-state index contributed by atoms with van der Waals surface area (Å²) < 4.78 is 45.0. The Balaban J connectivity index is 0.000000370. The molecule has 0 aliphatic heterocycles. The van der Waals surface area contributed by atoms with E-state index >= 15 is 0 Å². The largest absolute Gasteiger partial charge is 0.479 e. The predicted molar refractivity (Wildman–Crippen MR) is 329 cm³/mol. The molecule has 0 spiro atoms. The Morgan fingerprint density at radius 3 is 1.28 bits per heavy atom. The Hall–Kier alpha value is 1.77. The quantitative estimate of drug-likeness (QED) is 0.0386. The average molecular weight is 1220 g/mol. The van der Waals surface area contributed by atoms with Crippen LogP contribution in [0, 0.1) is 41.5 Å². The van der Waals surface area contributed by atoms with E-state index in [9.17, 15) is 14.4 Å². The third-order valence-electron chi connectivity index (χ3n) is 8.87. The van der Waals surface area contributed by atoms with E-state index in [1.807, 2.05) is 59.7 Å². The summed E-state index contributed by atoms with van der Waals surface area (Å²) >= 11 is 0. The topological polar surface area (TPSA) is 125 Å². The molecule has 0 aliphatic carbocycles. The second-order valence-corrected chi connectivity index (χ2v) is 38.8. The maximum Gasteiger partial charge on any atom is 0.190 e. The Kier molecular flexibility index (Phi) is 31.0. The van der Waals surface area contributed by atoms with Crippen molar-refractivity contribution in [3.63, 3.8) is 0 Å². The molecule has 356 valence electrons. The summed E-state index contributed by atoms with van der Waals surface area (Å²) in [6, 6.07) is 10.8. The number of allylic oxidation sites excluding steroid dienone is 1.